The maximum atomic E-state index is 12.2. The molecule has 1 aromatic heterocycles. The number of carbonyl (C=O) groups excluding carboxylic acids is 1. The molecule has 0 fully saturated rings. The third-order valence-corrected chi connectivity index (χ3v) is 3.91. The second-order valence-corrected chi connectivity index (χ2v) is 6.12. The van der Waals surface area contributed by atoms with E-state index in [0.717, 1.165) is 22.4 Å². The first-order chi connectivity index (χ1) is 13.7. The first-order valence-corrected chi connectivity index (χ1v) is 9.01. The molecule has 0 saturated heterocycles. The minimum Gasteiger partial charge on any atom is -0.494 e. The fourth-order valence-corrected chi connectivity index (χ4v) is 2.58. The summed E-state index contributed by atoms with van der Waals surface area (Å²) in [4.78, 5) is 12.2. The highest BCUT2D eigenvalue weighted by Crippen LogP contribution is 2.21. The SMILES string of the molecule is CCOc1ccc(-c2cc(C(=O)NN=CC(C)=Cc3ccccc3)[nH]n2)cc1. The highest BCUT2D eigenvalue weighted by atomic mass is 16.5. The van der Waals surface area contributed by atoms with Gasteiger partial charge < -0.3 is 4.74 Å². The second kappa shape index (κ2) is 9.32. The van der Waals surface area contributed by atoms with Gasteiger partial charge in [-0.25, -0.2) is 5.43 Å². The van der Waals surface area contributed by atoms with Crippen LogP contribution in [-0.2, 0) is 0 Å². The second-order valence-electron chi connectivity index (χ2n) is 6.12. The van der Waals surface area contributed by atoms with Crippen LogP contribution in [-0.4, -0.2) is 28.9 Å². The predicted molar refractivity (Wildman–Crippen MR) is 111 cm³/mol. The topological polar surface area (TPSA) is 79.4 Å². The highest BCUT2D eigenvalue weighted by molar-refractivity contribution is 5.94. The highest BCUT2D eigenvalue weighted by Gasteiger charge is 2.10. The smallest absolute Gasteiger partial charge is 0.289 e. The lowest BCUT2D eigenvalue weighted by molar-refractivity contribution is 0.0950. The van der Waals surface area contributed by atoms with Crippen LogP contribution in [0.4, 0.5) is 0 Å². The summed E-state index contributed by atoms with van der Waals surface area (Å²) in [5.74, 6) is 0.446. The van der Waals surface area contributed by atoms with Gasteiger partial charge in [0.05, 0.1) is 18.5 Å². The number of aromatic nitrogens is 2. The predicted octanol–water partition coefficient (Wildman–Crippen LogP) is 4.29. The molecule has 2 N–H and O–H groups in total. The number of nitrogens with one attached hydrogen (secondary N) is 2. The molecule has 0 unspecified atom stereocenters. The van der Waals surface area contributed by atoms with Gasteiger partial charge in [0.2, 0.25) is 0 Å². The fraction of sp³-hybridized carbons (Fsp3) is 0.136. The number of benzene rings is 2. The molecule has 0 saturated carbocycles. The van der Waals surface area contributed by atoms with Crippen LogP contribution < -0.4 is 10.2 Å². The Morgan fingerprint density at radius 3 is 2.64 bits per heavy atom. The monoisotopic (exact) mass is 374 g/mol. The van der Waals surface area contributed by atoms with Crippen molar-refractivity contribution in [2.75, 3.05) is 6.61 Å². The van der Waals surface area contributed by atoms with Gasteiger partial charge >= 0.3 is 0 Å². The Balaban J connectivity index is 1.60. The van der Waals surface area contributed by atoms with Crippen molar-refractivity contribution >= 4 is 18.2 Å². The van der Waals surface area contributed by atoms with Gasteiger partial charge in [0.25, 0.3) is 5.91 Å². The molecule has 0 aliphatic carbocycles. The van der Waals surface area contributed by atoms with Gasteiger partial charge in [-0.15, -0.1) is 0 Å². The Morgan fingerprint density at radius 1 is 1.18 bits per heavy atom. The molecule has 0 bridgehead atoms. The van der Waals surface area contributed by atoms with Crippen LogP contribution in [0.15, 0.2) is 71.3 Å². The molecule has 28 heavy (non-hydrogen) atoms. The molecule has 142 valence electrons. The average Bonchev–Trinajstić information content (AvgIpc) is 3.20. The Hall–Kier alpha value is -3.67. The van der Waals surface area contributed by atoms with Gasteiger partial charge in [0.1, 0.15) is 11.4 Å². The van der Waals surface area contributed by atoms with Gasteiger partial charge in [0.15, 0.2) is 0 Å². The van der Waals surface area contributed by atoms with Crippen molar-refractivity contribution in [3.63, 3.8) is 0 Å². The Bertz CT molecular complexity index is 973. The van der Waals surface area contributed by atoms with E-state index in [0.29, 0.717) is 18.0 Å². The Morgan fingerprint density at radius 2 is 1.93 bits per heavy atom. The number of hydrogen-bond donors (Lipinski definition) is 2. The lowest BCUT2D eigenvalue weighted by Gasteiger charge is -2.02. The van der Waals surface area contributed by atoms with Crippen molar-refractivity contribution in [2.24, 2.45) is 5.10 Å². The van der Waals surface area contributed by atoms with Gasteiger partial charge in [-0.1, -0.05) is 36.4 Å². The number of nitrogens with zero attached hydrogens (tertiary/aromatic N) is 2. The number of H-pyrrole nitrogens is 1. The summed E-state index contributed by atoms with van der Waals surface area (Å²) in [6.07, 6.45) is 3.59. The van der Waals surface area contributed by atoms with E-state index in [1.165, 1.54) is 0 Å². The van der Waals surface area contributed by atoms with Gasteiger partial charge in [-0.05, 0) is 55.3 Å². The number of rotatable bonds is 7. The van der Waals surface area contributed by atoms with Crippen LogP contribution in [0.2, 0.25) is 0 Å². The summed E-state index contributed by atoms with van der Waals surface area (Å²) in [7, 11) is 0. The van der Waals surface area contributed by atoms with E-state index >= 15 is 0 Å². The molecule has 6 nitrogen and oxygen atoms in total. The molecule has 0 spiro atoms. The molecule has 1 amide bonds. The lowest BCUT2D eigenvalue weighted by atomic mass is 10.1. The van der Waals surface area contributed by atoms with Crippen molar-refractivity contribution < 1.29 is 9.53 Å². The third kappa shape index (κ3) is 5.17. The van der Waals surface area contributed by atoms with E-state index in [1.807, 2.05) is 74.5 Å². The van der Waals surface area contributed by atoms with Crippen LogP contribution >= 0.6 is 0 Å². The molecule has 0 atom stereocenters. The Labute approximate surface area is 163 Å². The number of aromatic amines is 1. The molecule has 0 aliphatic heterocycles. The maximum absolute atomic E-state index is 12.2. The molecular weight excluding hydrogens is 352 g/mol. The number of allylic oxidation sites excluding steroid dienone is 1. The van der Waals surface area contributed by atoms with E-state index < -0.39 is 0 Å². The van der Waals surface area contributed by atoms with E-state index in [2.05, 4.69) is 20.7 Å². The molecule has 2 aromatic carbocycles. The summed E-state index contributed by atoms with van der Waals surface area (Å²) < 4.78 is 5.43. The van der Waals surface area contributed by atoms with Crippen molar-refractivity contribution in [2.45, 2.75) is 13.8 Å². The van der Waals surface area contributed by atoms with Crippen LogP contribution in [0.25, 0.3) is 17.3 Å². The summed E-state index contributed by atoms with van der Waals surface area (Å²) in [5.41, 5.74) is 6.41. The van der Waals surface area contributed by atoms with E-state index in [9.17, 15) is 4.79 Å². The normalized spacial score (nSPS) is 11.6. The van der Waals surface area contributed by atoms with Crippen molar-refractivity contribution in [3.05, 3.63) is 77.5 Å². The number of ether oxygens (including phenoxy) is 1. The van der Waals surface area contributed by atoms with Gasteiger partial charge in [0, 0.05) is 5.56 Å². The summed E-state index contributed by atoms with van der Waals surface area (Å²) in [5, 5.41) is 10.9. The molecule has 0 radical (unpaired) electrons. The van der Waals surface area contributed by atoms with E-state index in [-0.39, 0.29) is 5.91 Å². The fourth-order valence-electron chi connectivity index (χ4n) is 2.58. The Kier molecular flexibility index (Phi) is 6.36. The van der Waals surface area contributed by atoms with Crippen LogP contribution in [0.3, 0.4) is 0 Å². The molecule has 3 aromatic rings. The molecule has 0 aliphatic rings. The number of hydrogen-bond acceptors (Lipinski definition) is 4. The lowest BCUT2D eigenvalue weighted by Crippen LogP contribution is -2.17. The number of carbonyl (C=O) groups is 1. The summed E-state index contributed by atoms with van der Waals surface area (Å²) in [6.45, 7) is 4.48. The van der Waals surface area contributed by atoms with Crippen LogP contribution in [0, 0.1) is 0 Å². The summed E-state index contributed by atoms with van der Waals surface area (Å²) in [6, 6.07) is 19.2. The zero-order valence-electron chi connectivity index (χ0n) is 15.8. The number of hydrazone groups is 1. The first kappa shape index (κ1) is 19.1. The average molecular weight is 374 g/mol. The minimum atomic E-state index is -0.353. The van der Waals surface area contributed by atoms with Crippen LogP contribution in [0.5, 0.6) is 5.75 Å². The standard InChI is InChI=1S/C22H22N4O2/c1-3-28-19-11-9-18(10-12-19)20-14-21(25-24-20)22(27)26-23-15-16(2)13-17-7-5-4-6-8-17/h4-15H,3H2,1-2H3,(H,24,25)(H,26,27). The van der Waals surface area contributed by atoms with Crippen LogP contribution in [0.1, 0.15) is 29.9 Å². The minimum absolute atomic E-state index is 0.339. The zero-order chi connectivity index (χ0) is 19.8. The molecule has 3 rings (SSSR count). The van der Waals surface area contributed by atoms with Gasteiger partial charge in [-0.3, -0.25) is 9.89 Å². The van der Waals surface area contributed by atoms with E-state index in [1.54, 1.807) is 12.3 Å². The largest absolute Gasteiger partial charge is 0.494 e. The molecular formula is C22H22N4O2. The van der Waals surface area contributed by atoms with Crippen molar-refractivity contribution in [1.82, 2.24) is 15.6 Å². The first-order valence-electron chi connectivity index (χ1n) is 9.01. The maximum Gasteiger partial charge on any atom is 0.289 e. The van der Waals surface area contributed by atoms with Gasteiger partial charge in [-0.2, -0.15) is 10.2 Å². The quantitative estimate of drug-likeness (QED) is 0.478. The third-order valence-electron chi connectivity index (χ3n) is 3.91. The summed E-state index contributed by atoms with van der Waals surface area (Å²) >= 11 is 0. The molecule has 6 heteroatoms. The molecule has 1 heterocycles. The number of amides is 1. The zero-order valence-corrected chi connectivity index (χ0v) is 15.8. The van der Waals surface area contributed by atoms with E-state index in [4.69, 9.17) is 4.74 Å². The van der Waals surface area contributed by atoms with Crippen molar-refractivity contribution in [1.29, 1.82) is 0 Å². The van der Waals surface area contributed by atoms with Crippen molar-refractivity contribution in [3.8, 4) is 17.0 Å².